The van der Waals surface area contributed by atoms with Crippen molar-refractivity contribution < 1.29 is 4.79 Å². The van der Waals surface area contributed by atoms with Crippen LogP contribution in [0.5, 0.6) is 0 Å². The lowest BCUT2D eigenvalue weighted by Crippen LogP contribution is -2.36. The van der Waals surface area contributed by atoms with Crippen LogP contribution in [0.4, 0.5) is 4.79 Å². The molecule has 0 aliphatic carbocycles. The van der Waals surface area contributed by atoms with Crippen molar-refractivity contribution in [3.05, 3.63) is 12.7 Å². The number of hydrogen-bond donors (Lipinski definition) is 1. The normalized spacial score (nSPS) is 8.60. The predicted octanol–water partition coefficient (Wildman–Crippen LogP) is 0.834. The molecule has 2 amide bonds. The number of nitrogens with one attached hydrogen (secondary N) is 1. The molecule has 0 fully saturated rings. The summed E-state index contributed by atoms with van der Waals surface area (Å²) in [6, 6.07) is -0.0533. The van der Waals surface area contributed by atoms with Crippen LogP contribution in [0.2, 0.25) is 0 Å². The highest BCUT2D eigenvalue weighted by Gasteiger charge is 2.02. The van der Waals surface area contributed by atoms with Crippen molar-refractivity contribution in [2.45, 2.75) is 6.92 Å². The fourth-order valence-corrected chi connectivity index (χ4v) is 0.563. The molecule has 0 aromatic heterocycles. The maximum Gasteiger partial charge on any atom is 0.317 e. The van der Waals surface area contributed by atoms with Crippen molar-refractivity contribution in [3.63, 3.8) is 0 Å². The van der Waals surface area contributed by atoms with Crippen LogP contribution in [0, 0.1) is 0 Å². The van der Waals surface area contributed by atoms with E-state index in [4.69, 9.17) is 0 Å². The zero-order valence-corrected chi connectivity index (χ0v) is 6.55. The largest absolute Gasteiger partial charge is 0.338 e. The van der Waals surface area contributed by atoms with E-state index in [2.05, 4.69) is 11.9 Å². The van der Waals surface area contributed by atoms with E-state index in [-0.39, 0.29) is 6.03 Å². The molecule has 0 atom stereocenters. The van der Waals surface area contributed by atoms with Crippen molar-refractivity contribution in [2.75, 3.05) is 20.1 Å². The van der Waals surface area contributed by atoms with Crippen molar-refractivity contribution in [1.29, 1.82) is 0 Å². The van der Waals surface area contributed by atoms with E-state index < -0.39 is 0 Å². The first-order valence-electron chi connectivity index (χ1n) is 3.32. The van der Waals surface area contributed by atoms with Gasteiger partial charge in [-0.05, 0) is 6.92 Å². The van der Waals surface area contributed by atoms with Gasteiger partial charge >= 0.3 is 6.03 Å². The molecule has 0 unspecified atom stereocenters. The van der Waals surface area contributed by atoms with Crippen LogP contribution in [0.3, 0.4) is 0 Å². The second kappa shape index (κ2) is 4.85. The minimum absolute atomic E-state index is 0.0533. The predicted molar refractivity (Wildman–Crippen MR) is 41.9 cm³/mol. The number of likely N-dealkylation sites (N-methyl/N-ethyl adjacent to an activating group) is 1. The molecule has 58 valence electrons. The summed E-state index contributed by atoms with van der Waals surface area (Å²) in [7, 11) is 1.73. The molecule has 0 rings (SSSR count). The number of carbonyl (C=O) groups excluding carboxylic acids is 1. The summed E-state index contributed by atoms with van der Waals surface area (Å²) in [6.45, 7) is 6.67. The van der Waals surface area contributed by atoms with Crippen LogP contribution < -0.4 is 5.32 Å². The molecule has 0 bridgehead atoms. The Balaban J connectivity index is 3.58. The highest BCUT2D eigenvalue weighted by molar-refractivity contribution is 5.73. The van der Waals surface area contributed by atoms with E-state index >= 15 is 0 Å². The minimum atomic E-state index is -0.0533. The molecule has 0 saturated carbocycles. The Bertz CT molecular complexity index is 123. The summed E-state index contributed by atoms with van der Waals surface area (Å²) >= 11 is 0. The third-order valence-electron chi connectivity index (χ3n) is 1.08. The Morgan fingerprint density at radius 1 is 1.80 bits per heavy atom. The van der Waals surface area contributed by atoms with Gasteiger partial charge in [-0.15, -0.1) is 6.58 Å². The number of rotatable bonds is 3. The molecule has 0 aromatic rings. The second-order valence-corrected chi connectivity index (χ2v) is 2.00. The molecule has 1 N–H and O–H groups in total. The number of carbonyl (C=O) groups is 1. The van der Waals surface area contributed by atoms with E-state index in [0.29, 0.717) is 13.1 Å². The number of hydrogen-bond acceptors (Lipinski definition) is 1. The quantitative estimate of drug-likeness (QED) is 0.582. The van der Waals surface area contributed by atoms with Crippen LogP contribution in [0.1, 0.15) is 6.92 Å². The van der Waals surface area contributed by atoms with E-state index in [1.54, 1.807) is 18.0 Å². The average Bonchev–Trinajstić information content (AvgIpc) is 1.89. The highest BCUT2D eigenvalue weighted by atomic mass is 16.2. The SMILES string of the molecule is C=CCN(C)C(=O)NCC. The average molecular weight is 142 g/mol. The van der Waals surface area contributed by atoms with Crippen LogP contribution in [0.15, 0.2) is 12.7 Å². The third kappa shape index (κ3) is 3.12. The lowest BCUT2D eigenvalue weighted by molar-refractivity contribution is 0.214. The zero-order chi connectivity index (χ0) is 7.98. The molecule has 0 aliphatic rings. The first-order valence-corrected chi connectivity index (χ1v) is 3.32. The number of nitrogens with zero attached hydrogens (tertiary/aromatic N) is 1. The van der Waals surface area contributed by atoms with E-state index in [1.165, 1.54) is 0 Å². The van der Waals surface area contributed by atoms with Crippen molar-refractivity contribution in [2.24, 2.45) is 0 Å². The summed E-state index contributed by atoms with van der Waals surface area (Å²) in [6.07, 6.45) is 1.69. The Morgan fingerprint density at radius 2 is 2.40 bits per heavy atom. The minimum Gasteiger partial charge on any atom is -0.338 e. The van der Waals surface area contributed by atoms with Gasteiger partial charge in [0.25, 0.3) is 0 Å². The lowest BCUT2D eigenvalue weighted by Gasteiger charge is -2.14. The molecule has 3 nitrogen and oxygen atoms in total. The van der Waals surface area contributed by atoms with Gasteiger partial charge in [-0.2, -0.15) is 0 Å². The van der Waals surface area contributed by atoms with Gasteiger partial charge in [-0.3, -0.25) is 0 Å². The van der Waals surface area contributed by atoms with Crippen LogP contribution >= 0.6 is 0 Å². The number of urea groups is 1. The van der Waals surface area contributed by atoms with Gasteiger partial charge in [-0.1, -0.05) is 6.08 Å². The summed E-state index contributed by atoms with van der Waals surface area (Å²) in [4.78, 5) is 12.5. The molecule has 0 aliphatic heterocycles. The maximum atomic E-state index is 10.9. The fraction of sp³-hybridized carbons (Fsp3) is 0.571. The van der Waals surface area contributed by atoms with Gasteiger partial charge < -0.3 is 10.2 Å². The van der Waals surface area contributed by atoms with Crippen LogP contribution in [0.25, 0.3) is 0 Å². The van der Waals surface area contributed by atoms with Gasteiger partial charge in [-0.25, -0.2) is 4.79 Å². The van der Waals surface area contributed by atoms with Crippen molar-refractivity contribution >= 4 is 6.03 Å². The molecule has 10 heavy (non-hydrogen) atoms. The van der Waals surface area contributed by atoms with Crippen LogP contribution in [-0.4, -0.2) is 31.1 Å². The molecule has 3 heteroatoms. The molecular weight excluding hydrogens is 128 g/mol. The Labute approximate surface area is 61.7 Å². The monoisotopic (exact) mass is 142 g/mol. The summed E-state index contributed by atoms with van der Waals surface area (Å²) < 4.78 is 0. The van der Waals surface area contributed by atoms with Gasteiger partial charge in [0.05, 0.1) is 0 Å². The van der Waals surface area contributed by atoms with Gasteiger partial charge in [0, 0.05) is 20.1 Å². The molecular formula is C7H14N2O. The first-order chi connectivity index (χ1) is 4.72. The Morgan fingerprint density at radius 3 is 2.80 bits per heavy atom. The summed E-state index contributed by atoms with van der Waals surface area (Å²) in [5, 5.41) is 2.67. The molecule has 0 saturated heterocycles. The molecule has 0 radical (unpaired) electrons. The molecule has 0 heterocycles. The van der Waals surface area contributed by atoms with E-state index in [1.807, 2.05) is 6.92 Å². The third-order valence-corrected chi connectivity index (χ3v) is 1.08. The molecule has 0 aromatic carbocycles. The highest BCUT2D eigenvalue weighted by Crippen LogP contribution is 1.82. The van der Waals surface area contributed by atoms with E-state index in [0.717, 1.165) is 0 Å². The van der Waals surface area contributed by atoms with Gasteiger partial charge in [0.1, 0.15) is 0 Å². The maximum absolute atomic E-state index is 10.9. The zero-order valence-electron chi connectivity index (χ0n) is 6.55. The topological polar surface area (TPSA) is 32.3 Å². The Kier molecular flexibility index (Phi) is 4.37. The smallest absolute Gasteiger partial charge is 0.317 e. The van der Waals surface area contributed by atoms with Gasteiger partial charge in [0.2, 0.25) is 0 Å². The lowest BCUT2D eigenvalue weighted by atomic mass is 10.5. The first kappa shape index (κ1) is 9.01. The standard InChI is InChI=1S/C7H14N2O/c1-4-6-9(3)7(10)8-5-2/h4H,1,5-6H2,2-3H3,(H,8,10). The summed E-state index contributed by atoms with van der Waals surface area (Å²) in [5.41, 5.74) is 0. The van der Waals surface area contributed by atoms with Crippen molar-refractivity contribution in [3.8, 4) is 0 Å². The van der Waals surface area contributed by atoms with E-state index in [9.17, 15) is 4.79 Å². The van der Waals surface area contributed by atoms with Crippen LogP contribution in [-0.2, 0) is 0 Å². The second-order valence-electron chi connectivity index (χ2n) is 2.00. The summed E-state index contributed by atoms with van der Waals surface area (Å²) in [5.74, 6) is 0. The fourth-order valence-electron chi connectivity index (χ4n) is 0.563. The Hall–Kier alpha value is -0.990. The molecule has 0 spiro atoms. The number of amides is 2. The van der Waals surface area contributed by atoms with Gasteiger partial charge in [0.15, 0.2) is 0 Å². The van der Waals surface area contributed by atoms with Crippen molar-refractivity contribution in [1.82, 2.24) is 10.2 Å².